The third kappa shape index (κ3) is 5.55. The number of carbonyl (C=O) groups excluding carboxylic acids is 2. The third-order valence-electron chi connectivity index (χ3n) is 6.66. The van der Waals surface area contributed by atoms with Gasteiger partial charge in [-0.05, 0) is 55.0 Å². The zero-order chi connectivity index (χ0) is 28.6. The van der Waals surface area contributed by atoms with Gasteiger partial charge in [-0.2, -0.15) is 13.2 Å². The summed E-state index contributed by atoms with van der Waals surface area (Å²) < 4.78 is 53.2. The summed E-state index contributed by atoms with van der Waals surface area (Å²) in [5.74, 6) is -1.25. The quantitative estimate of drug-likeness (QED) is 0.355. The van der Waals surface area contributed by atoms with Crippen molar-refractivity contribution in [2.24, 2.45) is 0 Å². The largest absolute Gasteiger partial charge is 0.416 e. The molecule has 4 aromatic rings. The molecule has 0 aliphatic carbocycles. The zero-order valence-corrected chi connectivity index (χ0v) is 22.0. The van der Waals surface area contributed by atoms with E-state index in [-0.39, 0.29) is 22.8 Å². The van der Waals surface area contributed by atoms with E-state index in [1.807, 2.05) is 0 Å². The average Bonchev–Trinajstić information content (AvgIpc) is 3.27. The molecule has 40 heavy (non-hydrogen) atoms. The number of hydrogen-bond acceptors (Lipinski definition) is 6. The number of fused-ring (bicyclic) bond motifs is 1. The van der Waals surface area contributed by atoms with Crippen molar-refractivity contribution in [3.05, 3.63) is 87.0 Å². The number of amides is 2. The average molecular weight is 574 g/mol. The fraction of sp³-hybridized carbons (Fsp3) is 0.259. The van der Waals surface area contributed by atoms with E-state index in [1.165, 1.54) is 30.6 Å². The molecule has 2 aromatic heterocycles. The first kappa shape index (κ1) is 27.3. The van der Waals surface area contributed by atoms with Crippen LogP contribution in [0.25, 0.3) is 10.2 Å². The van der Waals surface area contributed by atoms with Gasteiger partial charge in [-0.1, -0.05) is 6.07 Å². The molecule has 0 saturated carbocycles. The summed E-state index contributed by atoms with van der Waals surface area (Å²) in [6, 6.07) is 10.4. The molecule has 0 bridgehead atoms. The Bertz CT molecular complexity index is 1640. The number of rotatable bonds is 5. The van der Waals surface area contributed by atoms with Crippen molar-refractivity contribution in [3.8, 4) is 0 Å². The van der Waals surface area contributed by atoms with Crippen LogP contribution >= 0.6 is 11.3 Å². The van der Waals surface area contributed by atoms with E-state index < -0.39 is 29.8 Å². The van der Waals surface area contributed by atoms with Gasteiger partial charge in [0.25, 0.3) is 11.5 Å². The summed E-state index contributed by atoms with van der Waals surface area (Å²) in [6.45, 7) is 3.19. The van der Waals surface area contributed by atoms with Crippen molar-refractivity contribution in [1.82, 2.24) is 14.5 Å². The standard InChI is InChI=1S/C27H23F4N5O3S/c1-16-22-24(40-23(16)26(39)35-11-9-34(10-12-35)20-7-5-18(28)6-8-20)32-15-36(25(22)38)14-21(37)33-19-4-2-3-17(13-19)27(29,30)31/h2-8,13,15H,9-12,14H2,1H3,(H,33,37). The Balaban J connectivity index is 1.29. The van der Waals surface area contributed by atoms with Gasteiger partial charge >= 0.3 is 6.18 Å². The van der Waals surface area contributed by atoms with E-state index >= 15 is 0 Å². The Morgan fingerprint density at radius 3 is 2.42 bits per heavy atom. The normalized spacial score (nSPS) is 14.0. The number of nitrogens with zero attached hydrogens (tertiary/aromatic N) is 4. The first-order valence-electron chi connectivity index (χ1n) is 12.3. The number of hydrogen-bond donors (Lipinski definition) is 1. The highest BCUT2D eigenvalue weighted by Crippen LogP contribution is 2.31. The zero-order valence-electron chi connectivity index (χ0n) is 21.2. The molecule has 5 rings (SSSR count). The highest BCUT2D eigenvalue weighted by molar-refractivity contribution is 7.20. The van der Waals surface area contributed by atoms with Crippen molar-refractivity contribution < 1.29 is 27.2 Å². The molecule has 1 fully saturated rings. The third-order valence-corrected chi connectivity index (χ3v) is 7.85. The lowest BCUT2D eigenvalue weighted by molar-refractivity contribution is -0.137. The lowest BCUT2D eigenvalue weighted by Crippen LogP contribution is -2.48. The maximum Gasteiger partial charge on any atom is 0.416 e. The van der Waals surface area contributed by atoms with Crippen LogP contribution in [0.4, 0.5) is 28.9 Å². The van der Waals surface area contributed by atoms with Crippen molar-refractivity contribution in [1.29, 1.82) is 0 Å². The molecule has 3 heterocycles. The van der Waals surface area contributed by atoms with Crippen LogP contribution in [0.2, 0.25) is 0 Å². The SMILES string of the molecule is Cc1c(C(=O)N2CCN(c3ccc(F)cc3)CC2)sc2ncn(CC(=O)Nc3cccc(C(F)(F)F)c3)c(=O)c12. The van der Waals surface area contributed by atoms with E-state index in [2.05, 4.69) is 15.2 Å². The topological polar surface area (TPSA) is 87.5 Å². The second-order valence-corrected chi connectivity index (χ2v) is 10.3. The van der Waals surface area contributed by atoms with E-state index in [1.54, 1.807) is 24.0 Å². The fourth-order valence-electron chi connectivity index (χ4n) is 4.57. The smallest absolute Gasteiger partial charge is 0.368 e. The van der Waals surface area contributed by atoms with Gasteiger partial charge in [0.05, 0.1) is 22.2 Å². The number of piperazine rings is 1. The van der Waals surface area contributed by atoms with E-state index in [0.717, 1.165) is 33.7 Å². The lowest BCUT2D eigenvalue weighted by Gasteiger charge is -2.36. The number of aromatic nitrogens is 2. The van der Waals surface area contributed by atoms with E-state index in [9.17, 15) is 31.9 Å². The Hall–Kier alpha value is -4.26. The predicted octanol–water partition coefficient (Wildman–Crippen LogP) is 4.53. The molecule has 1 aliphatic heterocycles. The molecule has 0 radical (unpaired) electrons. The monoisotopic (exact) mass is 573 g/mol. The number of halogens is 4. The predicted molar refractivity (Wildman–Crippen MR) is 143 cm³/mol. The maximum absolute atomic E-state index is 13.3. The molecule has 13 heteroatoms. The van der Waals surface area contributed by atoms with Gasteiger partial charge in [0.15, 0.2) is 0 Å². The molecule has 0 unspecified atom stereocenters. The highest BCUT2D eigenvalue weighted by atomic mass is 32.1. The fourth-order valence-corrected chi connectivity index (χ4v) is 5.67. The van der Waals surface area contributed by atoms with Gasteiger partial charge in [0.2, 0.25) is 5.91 Å². The first-order valence-corrected chi connectivity index (χ1v) is 13.1. The number of alkyl halides is 3. The van der Waals surface area contributed by atoms with Crippen molar-refractivity contribution in [3.63, 3.8) is 0 Å². The van der Waals surface area contributed by atoms with Crippen molar-refractivity contribution >= 4 is 44.7 Å². The molecule has 2 amide bonds. The van der Waals surface area contributed by atoms with E-state index in [0.29, 0.717) is 41.5 Å². The van der Waals surface area contributed by atoms with Crippen LogP contribution in [0.5, 0.6) is 0 Å². The molecule has 1 N–H and O–H groups in total. The van der Waals surface area contributed by atoms with Crippen LogP contribution in [-0.4, -0.2) is 52.4 Å². The number of nitrogens with one attached hydrogen (secondary N) is 1. The molecule has 1 aliphatic rings. The van der Waals surface area contributed by atoms with Crippen LogP contribution in [0.15, 0.2) is 59.7 Å². The van der Waals surface area contributed by atoms with Crippen molar-refractivity contribution in [2.45, 2.75) is 19.6 Å². The van der Waals surface area contributed by atoms with Gasteiger partial charge in [-0.15, -0.1) is 11.3 Å². The minimum atomic E-state index is -4.56. The molecule has 2 aromatic carbocycles. The molecular formula is C27H23F4N5O3S. The summed E-state index contributed by atoms with van der Waals surface area (Å²) in [6.07, 6.45) is -3.38. The Kier molecular flexibility index (Phi) is 7.32. The molecule has 0 spiro atoms. The number of anilines is 2. The Labute approximate surface area is 229 Å². The number of aryl methyl sites for hydroxylation is 1. The Morgan fingerprint density at radius 2 is 1.75 bits per heavy atom. The van der Waals surface area contributed by atoms with Crippen LogP contribution in [0.1, 0.15) is 20.8 Å². The second kappa shape index (κ2) is 10.7. The molecule has 208 valence electrons. The summed E-state index contributed by atoms with van der Waals surface area (Å²) in [5, 5.41) is 2.59. The summed E-state index contributed by atoms with van der Waals surface area (Å²) >= 11 is 1.09. The number of benzene rings is 2. The second-order valence-electron chi connectivity index (χ2n) is 9.30. The van der Waals surface area contributed by atoms with Gasteiger partial charge in [-0.3, -0.25) is 19.0 Å². The summed E-state index contributed by atoms with van der Waals surface area (Å²) in [5.41, 5.74) is -0.169. The van der Waals surface area contributed by atoms with Crippen LogP contribution in [0, 0.1) is 12.7 Å². The van der Waals surface area contributed by atoms with Gasteiger partial charge in [-0.25, -0.2) is 9.37 Å². The van der Waals surface area contributed by atoms with Crippen LogP contribution in [-0.2, 0) is 17.5 Å². The minimum absolute atomic E-state index is 0.0546. The van der Waals surface area contributed by atoms with Crippen molar-refractivity contribution in [2.75, 3.05) is 36.4 Å². The maximum atomic E-state index is 13.3. The number of thiophene rings is 1. The molecule has 8 nitrogen and oxygen atoms in total. The lowest BCUT2D eigenvalue weighted by atomic mass is 10.2. The van der Waals surface area contributed by atoms with Gasteiger partial charge < -0.3 is 15.1 Å². The molecule has 1 saturated heterocycles. The summed E-state index contributed by atoms with van der Waals surface area (Å²) in [7, 11) is 0. The minimum Gasteiger partial charge on any atom is -0.368 e. The Morgan fingerprint density at radius 1 is 1.05 bits per heavy atom. The van der Waals surface area contributed by atoms with Gasteiger partial charge in [0.1, 0.15) is 17.2 Å². The summed E-state index contributed by atoms with van der Waals surface area (Å²) in [4.78, 5) is 47.8. The highest BCUT2D eigenvalue weighted by Gasteiger charge is 2.31. The van der Waals surface area contributed by atoms with Crippen LogP contribution in [0.3, 0.4) is 0 Å². The number of carbonyl (C=O) groups is 2. The van der Waals surface area contributed by atoms with Gasteiger partial charge in [0, 0.05) is 37.6 Å². The molecule has 0 atom stereocenters. The van der Waals surface area contributed by atoms with Crippen LogP contribution < -0.4 is 15.8 Å². The van der Waals surface area contributed by atoms with E-state index in [4.69, 9.17) is 0 Å². The molecular weight excluding hydrogens is 550 g/mol. The first-order chi connectivity index (χ1) is 19.0.